The molecule has 4 unspecified atom stereocenters. The van der Waals surface area contributed by atoms with Crippen LogP contribution >= 0.6 is 11.8 Å². The molecule has 0 aliphatic rings. The fourth-order valence-electron chi connectivity index (χ4n) is 5.22. The normalized spacial score (nSPS) is 13.9. The van der Waals surface area contributed by atoms with Crippen molar-refractivity contribution in [3.63, 3.8) is 0 Å². The zero-order valence-corrected chi connectivity index (χ0v) is 26.1. The van der Waals surface area contributed by atoms with Crippen LogP contribution in [0.3, 0.4) is 0 Å². The molecule has 0 spiro atoms. The lowest BCUT2D eigenvalue weighted by molar-refractivity contribution is -0.143. The fraction of sp³-hybridized carbons (Fsp3) is 0.344. The van der Waals surface area contributed by atoms with Gasteiger partial charge in [0.2, 0.25) is 17.7 Å². The first-order valence-electron chi connectivity index (χ1n) is 14.8. The van der Waals surface area contributed by atoms with Crippen molar-refractivity contribution >= 4 is 63.2 Å². The lowest BCUT2D eigenvalue weighted by atomic mass is 10.0. The van der Waals surface area contributed by atoms with Crippen LogP contribution in [0.1, 0.15) is 30.4 Å². The van der Waals surface area contributed by atoms with Crippen LogP contribution in [0, 0.1) is 0 Å². The van der Waals surface area contributed by atoms with Crippen LogP contribution in [0.15, 0.2) is 60.9 Å². The molecule has 4 aromatic rings. The number of hydrogen-bond acceptors (Lipinski definition) is 7. The Kier molecular flexibility index (Phi) is 11.8. The Morgan fingerprint density at radius 1 is 0.739 bits per heavy atom. The van der Waals surface area contributed by atoms with E-state index in [1.807, 2.05) is 54.8 Å². The van der Waals surface area contributed by atoms with Crippen LogP contribution in [0.4, 0.5) is 0 Å². The van der Waals surface area contributed by atoms with Crippen molar-refractivity contribution in [2.45, 2.75) is 56.3 Å². The van der Waals surface area contributed by atoms with Crippen molar-refractivity contribution in [3.05, 3.63) is 72.1 Å². The predicted molar refractivity (Wildman–Crippen MR) is 175 cm³/mol. The monoisotopic (exact) mass is 650 g/mol. The summed E-state index contributed by atoms with van der Waals surface area (Å²) in [6.45, 7) is 0. The van der Waals surface area contributed by atoms with Crippen LogP contribution < -0.4 is 21.7 Å². The predicted octanol–water partition coefficient (Wildman–Crippen LogP) is 1.92. The van der Waals surface area contributed by atoms with Gasteiger partial charge in [-0.05, 0) is 54.5 Å². The molecule has 0 bridgehead atoms. The largest absolute Gasteiger partial charge is 0.481 e. The number of carbonyl (C=O) groups is 5. The number of carboxylic acids is 2. The molecular formula is C32H38N6O7S. The number of rotatable bonds is 17. The second kappa shape index (κ2) is 16.0. The second-order valence-electron chi connectivity index (χ2n) is 11.0. The third-order valence-corrected chi connectivity index (χ3v) is 8.33. The summed E-state index contributed by atoms with van der Waals surface area (Å²) in [6, 6.07) is 10.1. The third kappa shape index (κ3) is 8.88. The molecule has 3 amide bonds. The van der Waals surface area contributed by atoms with E-state index in [1.165, 1.54) is 11.8 Å². The topological polar surface area (TPSA) is 219 Å². The Labute approximate surface area is 269 Å². The minimum atomic E-state index is -1.37. The standard InChI is InChI=1S/C32H38N6O7S/c1-46-13-12-26(36-29(41)22(33)14-18-16-34-23-8-4-2-6-20(18)23)31(43)37-25(10-11-28(39)40)30(42)38-27(32(44)45)15-19-17-35-24-9-5-3-7-21(19)24/h2-9,16-17,22,25-27,34-35H,10-15,33H2,1H3,(H,36,41)(H,37,43)(H,38,42)(H,39,40)(H,44,45). The maximum atomic E-state index is 13.5. The van der Waals surface area contributed by atoms with Gasteiger partial charge in [-0.1, -0.05) is 36.4 Å². The first-order chi connectivity index (χ1) is 22.1. The number of aromatic amines is 2. The van der Waals surface area contributed by atoms with Gasteiger partial charge in [0.05, 0.1) is 6.04 Å². The second-order valence-corrected chi connectivity index (χ2v) is 12.0. The molecule has 9 N–H and O–H groups in total. The van der Waals surface area contributed by atoms with Gasteiger partial charge in [-0.3, -0.25) is 19.2 Å². The van der Waals surface area contributed by atoms with Gasteiger partial charge in [-0.25, -0.2) is 4.79 Å². The van der Waals surface area contributed by atoms with Crippen molar-refractivity contribution in [1.82, 2.24) is 25.9 Å². The summed E-state index contributed by atoms with van der Waals surface area (Å²) >= 11 is 1.45. The van der Waals surface area contributed by atoms with Crippen molar-refractivity contribution in [3.8, 4) is 0 Å². The number of nitrogens with one attached hydrogen (secondary N) is 5. The highest BCUT2D eigenvalue weighted by Gasteiger charge is 2.31. The summed E-state index contributed by atoms with van der Waals surface area (Å²) in [6.07, 6.45) is 4.90. The van der Waals surface area contributed by atoms with Gasteiger partial charge < -0.3 is 41.9 Å². The smallest absolute Gasteiger partial charge is 0.326 e. The lowest BCUT2D eigenvalue weighted by Gasteiger charge is -2.25. The molecule has 2 aromatic carbocycles. The van der Waals surface area contributed by atoms with Gasteiger partial charge in [-0.2, -0.15) is 11.8 Å². The molecule has 0 aliphatic heterocycles. The van der Waals surface area contributed by atoms with Crippen molar-refractivity contribution in [1.29, 1.82) is 0 Å². The van der Waals surface area contributed by atoms with Gasteiger partial charge in [0.15, 0.2) is 0 Å². The molecule has 2 heterocycles. The van der Waals surface area contributed by atoms with Gasteiger partial charge in [0.1, 0.15) is 18.1 Å². The average Bonchev–Trinajstić information content (AvgIpc) is 3.64. The van der Waals surface area contributed by atoms with Crippen LogP contribution in [0.5, 0.6) is 0 Å². The fourth-order valence-corrected chi connectivity index (χ4v) is 5.69. The number of hydrogen-bond donors (Lipinski definition) is 8. The SMILES string of the molecule is CSCCC(NC(=O)C(N)Cc1c[nH]c2ccccc12)C(=O)NC(CCC(=O)O)C(=O)NC(Cc1c[nH]c2ccccc12)C(=O)O. The van der Waals surface area contributed by atoms with Crippen LogP contribution in [0.2, 0.25) is 0 Å². The van der Waals surface area contributed by atoms with Crippen molar-refractivity contribution in [2.24, 2.45) is 5.73 Å². The van der Waals surface area contributed by atoms with Crippen molar-refractivity contribution in [2.75, 3.05) is 12.0 Å². The molecule has 0 aliphatic carbocycles. The zero-order chi connectivity index (χ0) is 33.2. The Morgan fingerprint density at radius 2 is 1.24 bits per heavy atom. The molecule has 46 heavy (non-hydrogen) atoms. The number of carbonyl (C=O) groups excluding carboxylic acids is 3. The highest BCUT2D eigenvalue weighted by atomic mass is 32.2. The van der Waals surface area contributed by atoms with Gasteiger partial charge in [0, 0.05) is 47.0 Å². The van der Waals surface area contributed by atoms with Gasteiger partial charge >= 0.3 is 11.9 Å². The van der Waals surface area contributed by atoms with E-state index < -0.39 is 60.2 Å². The highest BCUT2D eigenvalue weighted by molar-refractivity contribution is 7.98. The Morgan fingerprint density at radius 3 is 1.78 bits per heavy atom. The van der Waals surface area contributed by atoms with E-state index in [-0.39, 0.29) is 25.7 Å². The van der Waals surface area contributed by atoms with Gasteiger partial charge in [-0.15, -0.1) is 0 Å². The minimum absolute atomic E-state index is 0.0502. The van der Waals surface area contributed by atoms with E-state index in [2.05, 4.69) is 25.9 Å². The van der Waals surface area contributed by atoms with Crippen LogP contribution in [-0.2, 0) is 36.8 Å². The Hall–Kier alpha value is -4.82. The summed E-state index contributed by atoms with van der Waals surface area (Å²) in [7, 11) is 0. The number of fused-ring (bicyclic) bond motifs is 2. The molecule has 14 heteroatoms. The number of aromatic nitrogens is 2. The molecule has 244 valence electrons. The van der Waals surface area contributed by atoms with E-state index in [0.29, 0.717) is 11.3 Å². The van der Waals surface area contributed by atoms with E-state index in [9.17, 15) is 34.2 Å². The number of amides is 3. The highest BCUT2D eigenvalue weighted by Crippen LogP contribution is 2.20. The van der Waals surface area contributed by atoms with E-state index >= 15 is 0 Å². The molecule has 0 fully saturated rings. The Balaban J connectivity index is 1.45. The molecular weight excluding hydrogens is 612 g/mol. The molecule has 0 radical (unpaired) electrons. The van der Waals surface area contributed by atoms with Crippen LogP contribution in [-0.4, -0.2) is 86.0 Å². The maximum Gasteiger partial charge on any atom is 0.326 e. The number of H-pyrrole nitrogens is 2. The van der Waals surface area contributed by atoms with E-state index in [0.717, 1.165) is 27.4 Å². The quantitative estimate of drug-likeness (QED) is 0.0835. The summed E-state index contributed by atoms with van der Waals surface area (Å²) < 4.78 is 0. The molecule has 2 aromatic heterocycles. The number of thioether (sulfide) groups is 1. The number of carboxylic acid groups (broad SMARTS) is 2. The summed E-state index contributed by atoms with van der Waals surface area (Å²) in [5, 5.41) is 28.6. The Bertz CT molecular complexity index is 1700. The molecule has 4 atom stereocenters. The van der Waals surface area contributed by atoms with Crippen molar-refractivity contribution < 1.29 is 34.2 Å². The molecule has 4 rings (SSSR count). The summed E-state index contributed by atoms with van der Waals surface area (Å²) in [5.41, 5.74) is 9.44. The molecule has 0 saturated carbocycles. The molecule has 0 saturated heterocycles. The first-order valence-corrected chi connectivity index (χ1v) is 16.2. The van der Waals surface area contributed by atoms with E-state index in [1.54, 1.807) is 12.4 Å². The summed E-state index contributed by atoms with van der Waals surface area (Å²) in [5.74, 6) is -4.13. The number of aliphatic carboxylic acids is 2. The average molecular weight is 651 g/mol. The number of benzene rings is 2. The van der Waals surface area contributed by atoms with Gasteiger partial charge in [0.25, 0.3) is 0 Å². The summed E-state index contributed by atoms with van der Waals surface area (Å²) in [4.78, 5) is 69.6. The third-order valence-electron chi connectivity index (χ3n) is 7.69. The molecule has 13 nitrogen and oxygen atoms in total. The first kappa shape index (κ1) is 34.1. The maximum absolute atomic E-state index is 13.5. The number of nitrogens with two attached hydrogens (primary N) is 1. The number of para-hydroxylation sites is 2. The van der Waals surface area contributed by atoms with E-state index in [4.69, 9.17) is 5.73 Å². The van der Waals surface area contributed by atoms with Crippen LogP contribution in [0.25, 0.3) is 21.8 Å². The minimum Gasteiger partial charge on any atom is -0.481 e. The lowest BCUT2D eigenvalue weighted by Crippen LogP contribution is -2.57. The zero-order valence-electron chi connectivity index (χ0n) is 25.2.